The van der Waals surface area contributed by atoms with Crippen LogP contribution in [0, 0.1) is 0 Å². The SMILES string of the molecule is C=CCn1c(SCC(=O)Nc2ccc(C(=O)OCC)cc2)nnc1[C@@H](C)NC(=O)c1ccc(OC)cc1. The second-order valence-electron chi connectivity index (χ2n) is 7.80. The standard InChI is InChI=1S/C26H29N5O5S/c1-5-15-31-23(17(3)27-24(33)18-9-13-21(35-4)14-10-18)29-30-26(31)37-16-22(32)28-20-11-7-19(8-12-20)25(34)36-6-2/h5,7-14,17H,1,6,15-16H2,2-4H3,(H,27,33)(H,28,32)/t17-/m1/s1. The Morgan fingerprint density at radius 1 is 1.08 bits per heavy atom. The second kappa shape index (κ2) is 13.3. The summed E-state index contributed by atoms with van der Waals surface area (Å²) in [7, 11) is 1.56. The third-order valence-electron chi connectivity index (χ3n) is 5.16. The number of ether oxygens (including phenoxy) is 2. The molecule has 3 rings (SSSR count). The molecule has 0 spiro atoms. The Morgan fingerprint density at radius 2 is 1.76 bits per heavy atom. The van der Waals surface area contributed by atoms with Crippen molar-refractivity contribution in [3.05, 3.63) is 78.1 Å². The number of esters is 1. The maximum absolute atomic E-state index is 12.7. The molecule has 0 saturated carbocycles. The second-order valence-corrected chi connectivity index (χ2v) is 8.74. The number of nitrogens with one attached hydrogen (secondary N) is 2. The van der Waals surface area contributed by atoms with Crippen LogP contribution < -0.4 is 15.4 Å². The number of amides is 2. The van der Waals surface area contributed by atoms with Crippen molar-refractivity contribution in [2.75, 3.05) is 24.8 Å². The molecular weight excluding hydrogens is 494 g/mol. The van der Waals surface area contributed by atoms with Gasteiger partial charge >= 0.3 is 5.97 Å². The molecule has 10 nitrogen and oxygen atoms in total. The number of carbonyl (C=O) groups is 3. The van der Waals surface area contributed by atoms with Gasteiger partial charge in [0.25, 0.3) is 5.91 Å². The topological polar surface area (TPSA) is 124 Å². The molecule has 3 aromatic rings. The zero-order chi connectivity index (χ0) is 26.8. The van der Waals surface area contributed by atoms with E-state index >= 15 is 0 Å². The first-order chi connectivity index (χ1) is 17.9. The number of benzene rings is 2. The molecule has 0 aliphatic rings. The molecule has 11 heteroatoms. The van der Waals surface area contributed by atoms with Crippen molar-refractivity contribution in [3.63, 3.8) is 0 Å². The van der Waals surface area contributed by atoms with Gasteiger partial charge in [-0.2, -0.15) is 0 Å². The Bertz CT molecular complexity index is 1240. The van der Waals surface area contributed by atoms with Gasteiger partial charge in [0.15, 0.2) is 11.0 Å². The molecule has 0 bridgehead atoms. The lowest BCUT2D eigenvalue weighted by Gasteiger charge is -2.15. The van der Waals surface area contributed by atoms with Gasteiger partial charge < -0.3 is 24.7 Å². The number of anilines is 1. The van der Waals surface area contributed by atoms with Crippen LogP contribution in [0.5, 0.6) is 5.75 Å². The number of hydrogen-bond donors (Lipinski definition) is 2. The quantitative estimate of drug-likeness (QED) is 0.208. The van der Waals surface area contributed by atoms with Gasteiger partial charge in [-0.3, -0.25) is 9.59 Å². The summed E-state index contributed by atoms with van der Waals surface area (Å²) in [5.41, 5.74) is 1.46. The van der Waals surface area contributed by atoms with Crippen LogP contribution in [0.15, 0.2) is 66.3 Å². The number of aromatic nitrogens is 3. The number of carbonyl (C=O) groups excluding carboxylic acids is 3. The summed E-state index contributed by atoms with van der Waals surface area (Å²) in [4.78, 5) is 36.9. The Morgan fingerprint density at radius 3 is 2.38 bits per heavy atom. The van der Waals surface area contributed by atoms with E-state index < -0.39 is 12.0 Å². The number of allylic oxidation sites excluding steroid dienone is 1. The van der Waals surface area contributed by atoms with E-state index in [9.17, 15) is 14.4 Å². The Balaban J connectivity index is 1.61. The fourth-order valence-corrected chi connectivity index (χ4v) is 4.10. The zero-order valence-corrected chi connectivity index (χ0v) is 21.7. The first-order valence-electron chi connectivity index (χ1n) is 11.5. The van der Waals surface area contributed by atoms with Crippen LogP contribution in [0.4, 0.5) is 5.69 Å². The fourth-order valence-electron chi connectivity index (χ4n) is 3.35. The minimum atomic E-state index is -0.442. The number of nitrogens with zero attached hydrogens (tertiary/aromatic N) is 3. The molecule has 0 aliphatic heterocycles. The van der Waals surface area contributed by atoms with Crippen LogP contribution in [0.2, 0.25) is 0 Å². The van der Waals surface area contributed by atoms with Crippen LogP contribution in [0.25, 0.3) is 0 Å². The first kappa shape index (κ1) is 27.5. The van der Waals surface area contributed by atoms with E-state index in [1.807, 2.05) is 6.92 Å². The third kappa shape index (κ3) is 7.43. The summed E-state index contributed by atoms with van der Waals surface area (Å²) in [5.74, 6) is 0.369. The molecule has 37 heavy (non-hydrogen) atoms. The Labute approximate surface area is 219 Å². The van der Waals surface area contributed by atoms with Crippen molar-refractivity contribution in [2.24, 2.45) is 0 Å². The minimum Gasteiger partial charge on any atom is -0.497 e. The van der Waals surface area contributed by atoms with E-state index in [1.54, 1.807) is 73.2 Å². The summed E-state index contributed by atoms with van der Waals surface area (Å²) in [5, 5.41) is 14.7. The van der Waals surface area contributed by atoms with E-state index in [0.717, 1.165) is 0 Å². The van der Waals surface area contributed by atoms with Crippen LogP contribution in [-0.2, 0) is 16.1 Å². The van der Waals surface area contributed by atoms with Gasteiger partial charge in [0.1, 0.15) is 5.75 Å². The molecule has 1 atom stereocenters. The highest BCUT2D eigenvalue weighted by Crippen LogP contribution is 2.22. The van der Waals surface area contributed by atoms with E-state index in [0.29, 0.717) is 46.7 Å². The summed E-state index contributed by atoms with van der Waals surface area (Å²) >= 11 is 1.22. The zero-order valence-electron chi connectivity index (χ0n) is 20.9. The van der Waals surface area contributed by atoms with Gasteiger partial charge in [0.05, 0.1) is 31.1 Å². The molecule has 2 N–H and O–H groups in total. The maximum Gasteiger partial charge on any atom is 0.338 e. The van der Waals surface area contributed by atoms with Crippen LogP contribution in [0.3, 0.4) is 0 Å². The smallest absolute Gasteiger partial charge is 0.338 e. The van der Waals surface area contributed by atoms with Crippen molar-refractivity contribution < 1.29 is 23.9 Å². The third-order valence-corrected chi connectivity index (χ3v) is 6.12. The van der Waals surface area contributed by atoms with Gasteiger partial charge in [-0.15, -0.1) is 16.8 Å². The van der Waals surface area contributed by atoms with Crippen molar-refractivity contribution in [2.45, 2.75) is 31.6 Å². The molecule has 0 fully saturated rings. The predicted octanol–water partition coefficient (Wildman–Crippen LogP) is 3.87. The number of methoxy groups -OCH3 is 1. The van der Waals surface area contributed by atoms with E-state index in [4.69, 9.17) is 9.47 Å². The molecule has 0 saturated heterocycles. The summed E-state index contributed by atoms with van der Waals surface area (Å²) < 4.78 is 11.9. The average Bonchev–Trinajstić information content (AvgIpc) is 3.31. The van der Waals surface area contributed by atoms with Gasteiger partial charge in [-0.25, -0.2) is 4.79 Å². The van der Waals surface area contributed by atoms with Crippen molar-refractivity contribution in [1.82, 2.24) is 20.1 Å². The van der Waals surface area contributed by atoms with Gasteiger partial charge in [0, 0.05) is 17.8 Å². The monoisotopic (exact) mass is 523 g/mol. The lowest BCUT2D eigenvalue weighted by atomic mass is 10.2. The van der Waals surface area contributed by atoms with E-state index in [1.165, 1.54) is 11.8 Å². The average molecular weight is 524 g/mol. The van der Waals surface area contributed by atoms with Crippen LogP contribution in [0.1, 0.15) is 46.4 Å². The van der Waals surface area contributed by atoms with Gasteiger partial charge in [-0.1, -0.05) is 17.8 Å². The van der Waals surface area contributed by atoms with Crippen LogP contribution in [-0.4, -0.2) is 52.0 Å². The Kier molecular flexibility index (Phi) is 9.84. The highest BCUT2D eigenvalue weighted by molar-refractivity contribution is 7.99. The summed E-state index contributed by atoms with van der Waals surface area (Å²) in [6.45, 7) is 8.04. The van der Waals surface area contributed by atoms with Crippen LogP contribution >= 0.6 is 11.8 Å². The lowest BCUT2D eigenvalue weighted by Crippen LogP contribution is -2.28. The number of rotatable bonds is 12. The molecule has 0 unspecified atom stereocenters. The Hall–Kier alpha value is -4.12. The molecule has 1 heterocycles. The van der Waals surface area contributed by atoms with Crippen molar-refractivity contribution >= 4 is 35.2 Å². The fraction of sp³-hybridized carbons (Fsp3) is 0.269. The van der Waals surface area contributed by atoms with Crippen molar-refractivity contribution in [1.29, 1.82) is 0 Å². The molecule has 2 amide bonds. The number of hydrogen-bond acceptors (Lipinski definition) is 8. The van der Waals surface area contributed by atoms with Gasteiger partial charge in [-0.05, 0) is 62.4 Å². The largest absolute Gasteiger partial charge is 0.497 e. The highest BCUT2D eigenvalue weighted by atomic mass is 32.2. The van der Waals surface area contributed by atoms with Crippen molar-refractivity contribution in [3.8, 4) is 5.75 Å². The van der Waals surface area contributed by atoms with Gasteiger partial charge in [0.2, 0.25) is 5.91 Å². The summed E-state index contributed by atoms with van der Waals surface area (Å²) in [6, 6.07) is 12.8. The predicted molar refractivity (Wildman–Crippen MR) is 141 cm³/mol. The maximum atomic E-state index is 12.7. The summed E-state index contributed by atoms with van der Waals surface area (Å²) in [6.07, 6.45) is 1.69. The first-order valence-corrected chi connectivity index (χ1v) is 12.5. The highest BCUT2D eigenvalue weighted by Gasteiger charge is 2.20. The van der Waals surface area contributed by atoms with E-state index in [-0.39, 0.29) is 17.6 Å². The van der Waals surface area contributed by atoms with E-state index in [2.05, 4.69) is 27.4 Å². The minimum absolute atomic E-state index is 0.0848. The lowest BCUT2D eigenvalue weighted by molar-refractivity contribution is -0.113. The molecule has 0 aliphatic carbocycles. The normalized spacial score (nSPS) is 11.3. The molecular formula is C26H29N5O5S. The molecule has 194 valence electrons. The number of thioether (sulfide) groups is 1. The molecule has 1 aromatic heterocycles. The molecule has 0 radical (unpaired) electrons. The molecule has 2 aromatic carbocycles.